The van der Waals surface area contributed by atoms with Gasteiger partial charge in [-0.3, -0.25) is 4.79 Å². The lowest BCUT2D eigenvalue weighted by Gasteiger charge is -2.06. The molecule has 0 spiro atoms. The lowest BCUT2D eigenvalue weighted by atomic mass is 10.3. The zero-order chi connectivity index (χ0) is 14.8. The van der Waals surface area contributed by atoms with Crippen LogP contribution >= 0.6 is 0 Å². The SMILES string of the molecule is COCCOCCCCNS(=O)(=O)c1ccc(=O)[nH]c1. The van der Waals surface area contributed by atoms with E-state index in [0.717, 1.165) is 6.42 Å². The first-order chi connectivity index (χ1) is 9.56. The topological polar surface area (TPSA) is 97.5 Å². The third-order valence-electron chi connectivity index (χ3n) is 2.51. The molecule has 0 aliphatic rings. The van der Waals surface area contributed by atoms with E-state index in [4.69, 9.17) is 9.47 Å². The summed E-state index contributed by atoms with van der Waals surface area (Å²) in [4.78, 5) is 13.2. The molecule has 1 aromatic rings. The van der Waals surface area contributed by atoms with Gasteiger partial charge in [-0.05, 0) is 18.9 Å². The minimum absolute atomic E-state index is 0.0495. The molecule has 0 aliphatic heterocycles. The van der Waals surface area contributed by atoms with Crippen LogP contribution in [0.2, 0.25) is 0 Å². The predicted octanol–water partition coefficient (Wildman–Crippen LogP) is 0.0964. The molecular weight excluding hydrogens is 284 g/mol. The van der Waals surface area contributed by atoms with Gasteiger partial charge >= 0.3 is 0 Å². The lowest BCUT2D eigenvalue weighted by Crippen LogP contribution is -2.25. The molecule has 2 N–H and O–H groups in total. The fourth-order valence-electron chi connectivity index (χ4n) is 1.43. The summed E-state index contributed by atoms with van der Waals surface area (Å²) in [6, 6.07) is 2.45. The number of pyridine rings is 1. The third kappa shape index (κ3) is 6.29. The number of nitrogens with one attached hydrogen (secondary N) is 2. The van der Waals surface area contributed by atoms with E-state index in [9.17, 15) is 13.2 Å². The minimum atomic E-state index is -3.56. The van der Waals surface area contributed by atoms with Crippen molar-refractivity contribution in [3.05, 3.63) is 28.7 Å². The highest BCUT2D eigenvalue weighted by molar-refractivity contribution is 7.89. The molecule has 0 bridgehead atoms. The summed E-state index contributed by atoms with van der Waals surface area (Å²) < 4.78 is 36.2. The Bertz CT molecular complexity index is 521. The molecule has 8 heteroatoms. The number of unbranched alkanes of at least 4 members (excludes halogenated alkanes) is 1. The summed E-state index contributed by atoms with van der Waals surface area (Å²) in [7, 11) is -1.95. The predicted molar refractivity (Wildman–Crippen MR) is 74.2 cm³/mol. The van der Waals surface area contributed by atoms with Gasteiger partial charge in [-0.1, -0.05) is 0 Å². The average molecular weight is 304 g/mol. The second-order valence-electron chi connectivity index (χ2n) is 4.10. The van der Waals surface area contributed by atoms with Crippen molar-refractivity contribution in [1.82, 2.24) is 9.71 Å². The van der Waals surface area contributed by atoms with Crippen LogP contribution in [0.15, 0.2) is 28.0 Å². The summed E-state index contributed by atoms with van der Waals surface area (Å²) in [6.45, 7) is 2.00. The van der Waals surface area contributed by atoms with Crippen molar-refractivity contribution in [2.45, 2.75) is 17.7 Å². The van der Waals surface area contributed by atoms with E-state index >= 15 is 0 Å². The van der Waals surface area contributed by atoms with E-state index in [0.29, 0.717) is 32.8 Å². The maximum Gasteiger partial charge on any atom is 0.247 e. The Morgan fingerprint density at radius 3 is 2.65 bits per heavy atom. The molecule has 1 aromatic heterocycles. The van der Waals surface area contributed by atoms with Crippen LogP contribution in [0.5, 0.6) is 0 Å². The van der Waals surface area contributed by atoms with E-state index in [1.54, 1.807) is 7.11 Å². The van der Waals surface area contributed by atoms with E-state index < -0.39 is 10.0 Å². The molecule has 0 saturated carbocycles. The Morgan fingerprint density at radius 1 is 1.20 bits per heavy atom. The van der Waals surface area contributed by atoms with Gasteiger partial charge in [0.05, 0.1) is 18.1 Å². The summed E-state index contributed by atoms with van der Waals surface area (Å²) >= 11 is 0. The lowest BCUT2D eigenvalue weighted by molar-refractivity contribution is 0.0689. The molecule has 0 saturated heterocycles. The Hall–Kier alpha value is -1.22. The zero-order valence-corrected chi connectivity index (χ0v) is 12.2. The molecule has 0 aromatic carbocycles. The van der Waals surface area contributed by atoms with Gasteiger partial charge < -0.3 is 14.5 Å². The second kappa shape index (κ2) is 8.85. The number of hydrogen-bond donors (Lipinski definition) is 2. The van der Waals surface area contributed by atoms with Gasteiger partial charge in [0.1, 0.15) is 0 Å². The van der Waals surface area contributed by atoms with Crippen LogP contribution in [0.4, 0.5) is 0 Å². The van der Waals surface area contributed by atoms with Gasteiger partial charge in [-0.15, -0.1) is 0 Å². The number of hydrogen-bond acceptors (Lipinski definition) is 5. The molecule has 1 heterocycles. The molecule has 0 fully saturated rings. The van der Waals surface area contributed by atoms with Gasteiger partial charge in [-0.2, -0.15) is 0 Å². The van der Waals surface area contributed by atoms with Crippen molar-refractivity contribution in [1.29, 1.82) is 0 Å². The zero-order valence-electron chi connectivity index (χ0n) is 11.4. The molecule has 0 radical (unpaired) electrons. The van der Waals surface area contributed by atoms with E-state index in [2.05, 4.69) is 9.71 Å². The molecular formula is C12H20N2O5S. The van der Waals surface area contributed by atoms with Crippen LogP contribution in [-0.4, -0.2) is 46.9 Å². The van der Waals surface area contributed by atoms with Crippen LogP contribution in [0.3, 0.4) is 0 Å². The van der Waals surface area contributed by atoms with Gasteiger partial charge in [-0.25, -0.2) is 13.1 Å². The molecule has 0 unspecified atom stereocenters. The summed E-state index contributed by atoms with van der Waals surface area (Å²) in [5.74, 6) is 0. The van der Waals surface area contributed by atoms with Crippen molar-refractivity contribution in [3.8, 4) is 0 Å². The average Bonchev–Trinajstić information content (AvgIpc) is 2.42. The molecule has 0 aliphatic carbocycles. The Kier molecular flexibility index (Phi) is 7.45. The molecule has 0 amide bonds. The largest absolute Gasteiger partial charge is 0.382 e. The molecule has 20 heavy (non-hydrogen) atoms. The first-order valence-electron chi connectivity index (χ1n) is 6.31. The van der Waals surface area contributed by atoms with Crippen molar-refractivity contribution in [2.75, 3.05) is 33.5 Å². The van der Waals surface area contributed by atoms with Crippen LogP contribution in [-0.2, 0) is 19.5 Å². The van der Waals surface area contributed by atoms with Crippen LogP contribution in [0.1, 0.15) is 12.8 Å². The molecule has 7 nitrogen and oxygen atoms in total. The summed E-state index contributed by atoms with van der Waals surface area (Å²) in [5.41, 5.74) is -0.336. The van der Waals surface area contributed by atoms with Gasteiger partial charge in [0.25, 0.3) is 0 Å². The molecule has 114 valence electrons. The van der Waals surface area contributed by atoms with Crippen LogP contribution in [0, 0.1) is 0 Å². The van der Waals surface area contributed by atoms with Gasteiger partial charge in [0.15, 0.2) is 0 Å². The standard InChI is InChI=1S/C12H20N2O5S/c1-18-8-9-19-7-3-2-6-14-20(16,17)11-4-5-12(15)13-10-11/h4-5,10,14H,2-3,6-9H2,1H3,(H,13,15). The van der Waals surface area contributed by atoms with Crippen molar-refractivity contribution >= 4 is 10.0 Å². The third-order valence-corrected chi connectivity index (χ3v) is 3.96. The number of rotatable bonds is 10. The highest BCUT2D eigenvalue weighted by Crippen LogP contribution is 2.04. The highest BCUT2D eigenvalue weighted by atomic mass is 32.2. The second-order valence-corrected chi connectivity index (χ2v) is 5.87. The highest BCUT2D eigenvalue weighted by Gasteiger charge is 2.12. The van der Waals surface area contributed by atoms with Crippen LogP contribution in [0.25, 0.3) is 0 Å². The van der Waals surface area contributed by atoms with Crippen molar-refractivity contribution in [3.63, 3.8) is 0 Å². The number of sulfonamides is 1. The monoisotopic (exact) mass is 304 g/mol. The van der Waals surface area contributed by atoms with E-state index in [1.165, 1.54) is 18.3 Å². The number of methoxy groups -OCH3 is 1. The van der Waals surface area contributed by atoms with Gasteiger partial charge in [0.2, 0.25) is 15.6 Å². The summed E-state index contributed by atoms with van der Waals surface area (Å²) in [6.07, 6.45) is 2.62. The number of aromatic amines is 1. The fraction of sp³-hybridized carbons (Fsp3) is 0.583. The Balaban J connectivity index is 2.24. The van der Waals surface area contributed by atoms with E-state index in [-0.39, 0.29) is 10.5 Å². The Labute approximate surface area is 118 Å². The fourth-order valence-corrected chi connectivity index (χ4v) is 2.47. The molecule has 0 atom stereocenters. The quantitative estimate of drug-likeness (QED) is 0.597. The maximum atomic E-state index is 11.8. The maximum absolute atomic E-state index is 11.8. The first kappa shape index (κ1) is 16.8. The minimum Gasteiger partial charge on any atom is -0.382 e. The number of aromatic nitrogens is 1. The van der Waals surface area contributed by atoms with E-state index in [1.807, 2.05) is 0 Å². The number of ether oxygens (including phenoxy) is 2. The van der Waals surface area contributed by atoms with Crippen molar-refractivity contribution in [2.24, 2.45) is 0 Å². The first-order valence-corrected chi connectivity index (χ1v) is 7.79. The van der Waals surface area contributed by atoms with Crippen LogP contribution < -0.4 is 10.3 Å². The van der Waals surface area contributed by atoms with Crippen molar-refractivity contribution < 1.29 is 17.9 Å². The normalized spacial score (nSPS) is 11.7. The Morgan fingerprint density at radius 2 is 2.00 bits per heavy atom. The smallest absolute Gasteiger partial charge is 0.247 e. The van der Waals surface area contributed by atoms with Gasteiger partial charge in [0, 0.05) is 32.5 Å². The molecule has 1 rings (SSSR count). The number of H-pyrrole nitrogens is 1. The summed E-state index contributed by atoms with van der Waals surface area (Å²) in [5, 5.41) is 0.